The maximum atomic E-state index is 3.57. The molecule has 0 unspecified atom stereocenters. The Morgan fingerprint density at radius 2 is 0.800 bits per heavy atom. The third-order valence-corrected chi connectivity index (χ3v) is 9.12. The average molecular weight is 556 g/mol. The van der Waals surface area contributed by atoms with E-state index in [-0.39, 0.29) is 0 Å². The molecule has 0 bridgehead atoms. The van der Waals surface area contributed by atoms with Crippen molar-refractivity contribution in [3.63, 3.8) is 0 Å². The lowest BCUT2D eigenvalue weighted by atomic mass is 10.0. The van der Waals surface area contributed by atoms with Crippen molar-refractivity contribution in [2.24, 2.45) is 0 Å². The van der Waals surface area contributed by atoms with Gasteiger partial charge in [-0.3, -0.25) is 0 Å². The van der Waals surface area contributed by atoms with Crippen LogP contribution in [0.3, 0.4) is 0 Å². The molecule has 0 N–H and O–H groups in total. The molecule has 0 aliphatic rings. The van der Waals surface area contributed by atoms with E-state index in [0.717, 1.165) is 8.95 Å². The maximum absolute atomic E-state index is 3.57. The first-order valence-electron chi connectivity index (χ1n) is 9.57. The Morgan fingerprint density at radius 1 is 0.467 bits per heavy atom. The number of benzene rings is 4. The summed E-state index contributed by atoms with van der Waals surface area (Å²) in [6, 6.07) is 30.6. The second-order valence-corrected chi connectivity index (χ2v) is 11.1. The van der Waals surface area contributed by atoms with Gasteiger partial charge in [0.25, 0.3) is 0 Å². The average Bonchev–Trinajstić information content (AvgIpc) is 2.77. The second-order valence-electron chi connectivity index (χ2n) is 7.14. The predicted octanol–water partition coefficient (Wildman–Crippen LogP) is 9.96. The Bertz CT molecular complexity index is 1070. The fourth-order valence-corrected chi connectivity index (χ4v) is 5.57. The van der Waals surface area contributed by atoms with E-state index in [0.29, 0.717) is 0 Å². The number of rotatable bonds is 5. The van der Waals surface area contributed by atoms with Crippen molar-refractivity contribution in [3.8, 4) is 22.3 Å². The molecule has 0 radical (unpaired) electrons. The fraction of sp³-hybridized carbons (Fsp3) is 0.0769. The molecule has 0 saturated carbocycles. The van der Waals surface area contributed by atoms with E-state index in [2.05, 4.69) is 131 Å². The van der Waals surface area contributed by atoms with Gasteiger partial charge in [0.2, 0.25) is 0 Å². The molecule has 0 heterocycles. The summed E-state index contributed by atoms with van der Waals surface area (Å²) < 4.78 is 2.30. The summed E-state index contributed by atoms with van der Waals surface area (Å²) in [6.07, 6.45) is 0. The zero-order valence-corrected chi connectivity index (χ0v) is 21.5. The van der Waals surface area contributed by atoms with Gasteiger partial charge in [-0.2, -0.15) is 0 Å². The Balaban J connectivity index is 1.40. The number of hydrogen-bond donors (Lipinski definition) is 0. The molecule has 0 fully saturated rings. The molecule has 0 aliphatic heterocycles. The van der Waals surface area contributed by atoms with E-state index in [9.17, 15) is 0 Å². The normalized spacial score (nSPS) is 10.9. The summed E-state index contributed by atoms with van der Waals surface area (Å²) in [6.45, 7) is 4.25. The third-order valence-electron chi connectivity index (χ3n) is 4.93. The van der Waals surface area contributed by atoms with E-state index in [4.69, 9.17) is 0 Å². The first-order valence-corrected chi connectivity index (χ1v) is 13.3. The zero-order valence-electron chi connectivity index (χ0n) is 16.7. The van der Waals surface area contributed by atoms with Crippen LogP contribution in [-0.2, 0) is 0 Å². The minimum Gasteiger partial charge on any atom is -0.0532 e. The Hall–Kier alpha value is -1.46. The maximum Gasteiger partial charge on any atom is 0.0204 e. The van der Waals surface area contributed by atoms with Crippen molar-refractivity contribution < 1.29 is 0 Å². The van der Waals surface area contributed by atoms with Gasteiger partial charge in [-0.05, 0) is 83.6 Å². The summed E-state index contributed by atoms with van der Waals surface area (Å²) >= 11 is 7.14. The lowest BCUT2D eigenvalue weighted by Crippen LogP contribution is -1.82. The fourth-order valence-electron chi connectivity index (χ4n) is 3.15. The van der Waals surface area contributed by atoms with Gasteiger partial charge in [-0.25, -0.2) is 0 Å². The minimum atomic E-state index is 1.15. The van der Waals surface area contributed by atoms with Crippen LogP contribution >= 0.6 is 53.4 Å². The van der Waals surface area contributed by atoms with Crippen LogP contribution in [-0.4, -0.2) is 0 Å². The summed E-state index contributed by atoms with van der Waals surface area (Å²) in [5, 5.41) is 0. The van der Waals surface area contributed by atoms with Gasteiger partial charge in [-0.1, -0.05) is 102 Å². The van der Waals surface area contributed by atoms with Crippen LogP contribution in [0, 0.1) is 13.8 Å². The van der Waals surface area contributed by atoms with Gasteiger partial charge in [0.1, 0.15) is 0 Å². The van der Waals surface area contributed by atoms with Crippen LogP contribution in [0.2, 0.25) is 0 Å². The summed E-state index contributed by atoms with van der Waals surface area (Å²) in [7, 11) is 3.58. The van der Waals surface area contributed by atoms with Crippen LogP contribution in [0.1, 0.15) is 11.1 Å². The first kappa shape index (κ1) is 21.8. The van der Waals surface area contributed by atoms with Crippen molar-refractivity contribution in [1.29, 1.82) is 0 Å². The highest BCUT2D eigenvalue weighted by Gasteiger charge is 2.04. The van der Waals surface area contributed by atoms with Crippen LogP contribution in [0.25, 0.3) is 22.3 Å². The second kappa shape index (κ2) is 9.78. The van der Waals surface area contributed by atoms with Crippen LogP contribution in [0.5, 0.6) is 0 Å². The Kier molecular flexibility index (Phi) is 7.09. The molecular weight excluding hydrogens is 536 g/mol. The molecule has 0 nitrogen and oxygen atoms in total. The zero-order chi connectivity index (χ0) is 21.1. The van der Waals surface area contributed by atoms with Gasteiger partial charge < -0.3 is 0 Å². The van der Waals surface area contributed by atoms with Crippen LogP contribution in [0.4, 0.5) is 0 Å². The van der Waals surface area contributed by atoms with E-state index < -0.39 is 0 Å². The van der Waals surface area contributed by atoms with Crippen molar-refractivity contribution in [3.05, 3.63) is 105 Å². The molecule has 4 aromatic rings. The Morgan fingerprint density at radius 3 is 1.13 bits per heavy atom. The molecule has 150 valence electrons. The molecule has 4 rings (SSSR count). The monoisotopic (exact) mass is 554 g/mol. The topological polar surface area (TPSA) is 0 Å². The predicted molar refractivity (Wildman–Crippen MR) is 140 cm³/mol. The van der Waals surface area contributed by atoms with Crippen molar-refractivity contribution in [1.82, 2.24) is 0 Å². The van der Waals surface area contributed by atoms with E-state index in [1.54, 1.807) is 21.6 Å². The number of aryl methyl sites for hydroxylation is 2. The largest absolute Gasteiger partial charge is 0.0532 e. The summed E-state index contributed by atoms with van der Waals surface area (Å²) in [5.41, 5.74) is 7.49. The number of hydrogen-bond acceptors (Lipinski definition) is 2. The molecule has 0 atom stereocenters. The minimum absolute atomic E-state index is 1.15. The molecule has 0 amide bonds. The van der Waals surface area contributed by atoms with Gasteiger partial charge >= 0.3 is 0 Å². The van der Waals surface area contributed by atoms with Gasteiger partial charge in [-0.15, -0.1) is 0 Å². The van der Waals surface area contributed by atoms with Crippen molar-refractivity contribution >= 4 is 53.4 Å². The molecule has 0 aliphatic carbocycles. The van der Waals surface area contributed by atoms with Gasteiger partial charge in [0.05, 0.1) is 0 Å². The number of halogens is 2. The molecule has 4 heteroatoms. The van der Waals surface area contributed by atoms with E-state index in [1.165, 1.54) is 43.2 Å². The molecule has 0 spiro atoms. The SMILES string of the molecule is Cc1cc(-c2ccc(SSc3ccc(-c4ccc(Br)c(C)c4)cc3)cc2)ccc1Br. The molecular formula is C26H20Br2S2. The lowest BCUT2D eigenvalue weighted by molar-refractivity contribution is 1.41. The highest BCUT2D eigenvalue weighted by Crippen LogP contribution is 2.39. The van der Waals surface area contributed by atoms with Crippen molar-refractivity contribution in [2.45, 2.75) is 23.6 Å². The lowest BCUT2D eigenvalue weighted by Gasteiger charge is -2.07. The summed E-state index contributed by atoms with van der Waals surface area (Å²) in [5.74, 6) is 0. The highest BCUT2D eigenvalue weighted by molar-refractivity contribution is 9.10. The standard InChI is InChI=1S/C26H20Br2S2/c1-17-15-21(7-13-25(17)27)19-3-9-23(10-4-19)29-30-24-11-5-20(6-12-24)22-8-14-26(28)18(2)16-22/h3-16H,1-2H3. The third kappa shape index (κ3) is 5.23. The van der Waals surface area contributed by atoms with Gasteiger partial charge in [0.15, 0.2) is 0 Å². The van der Waals surface area contributed by atoms with E-state index >= 15 is 0 Å². The summed E-state index contributed by atoms with van der Waals surface area (Å²) in [4.78, 5) is 2.51. The quantitative estimate of drug-likeness (QED) is 0.225. The highest BCUT2D eigenvalue weighted by atomic mass is 79.9. The van der Waals surface area contributed by atoms with Crippen LogP contribution in [0.15, 0.2) is 104 Å². The molecule has 0 saturated heterocycles. The first-order chi connectivity index (χ1) is 14.5. The molecule has 30 heavy (non-hydrogen) atoms. The van der Waals surface area contributed by atoms with Crippen molar-refractivity contribution in [2.75, 3.05) is 0 Å². The molecule has 4 aromatic carbocycles. The van der Waals surface area contributed by atoms with Gasteiger partial charge in [0, 0.05) is 18.7 Å². The smallest absolute Gasteiger partial charge is 0.0204 e. The Labute approximate surface area is 203 Å². The molecule has 0 aromatic heterocycles. The van der Waals surface area contributed by atoms with Crippen LogP contribution < -0.4 is 0 Å². The van der Waals surface area contributed by atoms with E-state index in [1.807, 2.05) is 0 Å².